The van der Waals surface area contributed by atoms with E-state index in [2.05, 4.69) is 15.3 Å². The smallest absolute Gasteiger partial charge is 0.304 e. The van der Waals surface area contributed by atoms with Crippen LogP contribution < -0.4 is 10.5 Å². The van der Waals surface area contributed by atoms with Gasteiger partial charge in [0.05, 0.1) is 10.6 Å². The highest BCUT2D eigenvalue weighted by molar-refractivity contribution is 7.89. The summed E-state index contributed by atoms with van der Waals surface area (Å²) in [4.78, 5) is 34.1. The topological polar surface area (TPSA) is 170 Å². The number of fused-ring (bicyclic) bond motifs is 4. The van der Waals surface area contributed by atoms with E-state index in [4.69, 9.17) is 9.88 Å². The van der Waals surface area contributed by atoms with Crippen molar-refractivity contribution >= 4 is 44.6 Å². The summed E-state index contributed by atoms with van der Waals surface area (Å²) in [5, 5.41) is 20.0. The number of nitrogens with zero attached hydrogens (tertiary/aromatic N) is 4. The van der Waals surface area contributed by atoms with Gasteiger partial charge < -0.3 is 14.6 Å². The minimum absolute atomic E-state index is 0.0251. The molecule has 1 spiro atoms. The van der Waals surface area contributed by atoms with Crippen LogP contribution in [0.1, 0.15) is 50.9 Å². The van der Waals surface area contributed by atoms with Crippen molar-refractivity contribution in [3.63, 3.8) is 0 Å². The predicted molar refractivity (Wildman–Crippen MR) is 123 cm³/mol. The summed E-state index contributed by atoms with van der Waals surface area (Å²) < 4.78 is 30.1. The normalized spacial score (nSPS) is 19.6. The highest BCUT2D eigenvalue weighted by Gasteiger charge is 2.53. The molecule has 3 aromatic rings. The first kappa shape index (κ1) is 23.2. The van der Waals surface area contributed by atoms with E-state index in [-0.39, 0.29) is 10.8 Å². The maximum absolute atomic E-state index is 13.4. The molecule has 1 fully saturated rings. The molecule has 2 aromatic heterocycles. The van der Waals surface area contributed by atoms with E-state index >= 15 is 0 Å². The Morgan fingerprint density at radius 1 is 1.23 bits per heavy atom. The summed E-state index contributed by atoms with van der Waals surface area (Å²) in [6, 6.07) is 7.51. The zero-order valence-corrected chi connectivity index (χ0v) is 19.7. The number of hydroxylamine groups is 2. The molecule has 1 atom stereocenters. The monoisotopic (exact) mass is 500 g/mol. The average molecular weight is 501 g/mol. The Morgan fingerprint density at radius 2 is 1.91 bits per heavy atom. The van der Waals surface area contributed by atoms with Gasteiger partial charge in [-0.05, 0) is 43.2 Å². The Kier molecular flexibility index (Phi) is 5.49. The number of primary sulfonamides is 1. The molecule has 12 nitrogen and oxygen atoms in total. The molecular weight excluding hydrogens is 476 g/mol. The van der Waals surface area contributed by atoms with Gasteiger partial charge in [0.2, 0.25) is 22.2 Å². The van der Waals surface area contributed by atoms with E-state index in [0.717, 1.165) is 19.3 Å². The Morgan fingerprint density at radius 3 is 2.54 bits per heavy atom. The van der Waals surface area contributed by atoms with E-state index in [9.17, 15) is 23.2 Å². The number of hydrogen-bond acceptors (Lipinski definition) is 9. The molecule has 4 N–H and O–H groups in total. The number of sulfonamides is 1. The lowest BCUT2D eigenvalue weighted by atomic mass is 9.79. The van der Waals surface area contributed by atoms with E-state index in [1.807, 2.05) is 0 Å². The van der Waals surface area contributed by atoms with Crippen molar-refractivity contribution in [2.45, 2.75) is 55.7 Å². The van der Waals surface area contributed by atoms with Crippen LogP contribution in [0.3, 0.4) is 0 Å². The fraction of sp³-hybridized carbons (Fsp3) is 0.364. The Balaban J connectivity index is 1.61. The number of esters is 1. The molecule has 1 amide bonds. The SMILES string of the molecule is CC(=O)OC1c2cc3cnc(Nc4ccc(S(N)(=O)=O)cc4)nc3n2C2(CCCCC2)C(=O)N1O. The first-order valence-electron chi connectivity index (χ1n) is 11.1. The van der Waals surface area contributed by atoms with Gasteiger partial charge in [0.15, 0.2) is 0 Å². The van der Waals surface area contributed by atoms with Crippen LogP contribution in [0.5, 0.6) is 0 Å². The molecule has 0 saturated heterocycles. The summed E-state index contributed by atoms with van der Waals surface area (Å²) in [5.41, 5.74) is 0.371. The van der Waals surface area contributed by atoms with Crippen LogP contribution in [-0.4, -0.2) is 45.1 Å². The predicted octanol–water partition coefficient (Wildman–Crippen LogP) is 2.27. The Bertz CT molecular complexity index is 1430. The number of carbonyl (C=O) groups excluding carboxylic acids is 2. The first-order valence-corrected chi connectivity index (χ1v) is 12.6. The number of rotatable bonds is 4. The van der Waals surface area contributed by atoms with Crippen molar-refractivity contribution in [1.29, 1.82) is 0 Å². The lowest BCUT2D eigenvalue weighted by Crippen LogP contribution is -2.57. The van der Waals surface area contributed by atoms with Gasteiger partial charge in [-0.1, -0.05) is 19.3 Å². The van der Waals surface area contributed by atoms with Gasteiger partial charge in [0, 0.05) is 24.2 Å². The third-order valence-corrected chi connectivity index (χ3v) is 7.41. The number of carbonyl (C=O) groups is 2. The minimum Gasteiger partial charge on any atom is -0.433 e. The number of anilines is 2. The highest BCUT2D eigenvalue weighted by Crippen LogP contribution is 2.46. The van der Waals surface area contributed by atoms with Crippen LogP contribution in [0, 0.1) is 0 Å². The van der Waals surface area contributed by atoms with Crippen molar-refractivity contribution in [2.24, 2.45) is 5.14 Å². The number of nitrogens with two attached hydrogens (primary N) is 1. The fourth-order valence-electron chi connectivity index (χ4n) is 4.94. The van der Waals surface area contributed by atoms with Crippen LogP contribution in [-0.2, 0) is 29.9 Å². The van der Waals surface area contributed by atoms with Crippen molar-refractivity contribution in [3.8, 4) is 0 Å². The van der Waals surface area contributed by atoms with E-state index in [1.165, 1.54) is 31.2 Å². The molecule has 35 heavy (non-hydrogen) atoms. The minimum atomic E-state index is -3.82. The van der Waals surface area contributed by atoms with Crippen molar-refractivity contribution < 1.29 is 28.0 Å². The zero-order valence-electron chi connectivity index (χ0n) is 18.8. The zero-order chi connectivity index (χ0) is 25.0. The standard InChI is InChI=1S/C22H24N6O6S/c1-13(29)34-19-17-11-14-12-24-21(25-15-5-7-16(8-6-15)35(23,32)33)26-18(14)27(17)22(20(30)28(19)31)9-3-2-4-10-22/h5-8,11-12,19,31H,2-4,9-10H2,1H3,(H2,23,32,33)(H,24,25,26). The van der Waals surface area contributed by atoms with Gasteiger partial charge in [0.1, 0.15) is 11.2 Å². The van der Waals surface area contributed by atoms with Crippen molar-refractivity contribution in [3.05, 3.63) is 42.2 Å². The summed E-state index contributed by atoms with van der Waals surface area (Å²) >= 11 is 0. The Hall–Kier alpha value is -3.55. The lowest BCUT2D eigenvalue weighted by molar-refractivity contribution is -0.237. The number of benzene rings is 1. The van der Waals surface area contributed by atoms with Gasteiger partial charge in [-0.2, -0.15) is 10.0 Å². The molecule has 1 saturated carbocycles. The number of hydrogen-bond donors (Lipinski definition) is 3. The van der Waals surface area contributed by atoms with E-state index < -0.39 is 33.7 Å². The molecule has 1 unspecified atom stereocenters. The fourth-order valence-corrected chi connectivity index (χ4v) is 5.46. The molecule has 1 aromatic carbocycles. The molecule has 5 rings (SSSR count). The average Bonchev–Trinajstić information content (AvgIpc) is 3.20. The molecule has 13 heteroatoms. The van der Waals surface area contributed by atoms with Gasteiger partial charge in [-0.15, -0.1) is 0 Å². The Labute approximate surface area is 200 Å². The highest BCUT2D eigenvalue weighted by atomic mass is 32.2. The summed E-state index contributed by atoms with van der Waals surface area (Å²) in [7, 11) is -3.82. The van der Waals surface area contributed by atoms with Gasteiger partial charge in [-0.3, -0.25) is 14.8 Å². The van der Waals surface area contributed by atoms with Crippen LogP contribution in [0.15, 0.2) is 41.4 Å². The third kappa shape index (κ3) is 3.90. The van der Waals surface area contributed by atoms with Crippen LogP contribution in [0.2, 0.25) is 0 Å². The van der Waals surface area contributed by atoms with E-state index in [1.54, 1.807) is 16.8 Å². The molecule has 0 radical (unpaired) electrons. The summed E-state index contributed by atoms with van der Waals surface area (Å²) in [6.45, 7) is 1.21. The molecule has 3 heterocycles. The van der Waals surface area contributed by atoms with Crippen molar-refractivity contribution in [2.75, 3.05) is 5.32 Å². The quantitative estimate of drug-likeness (QED) is 0.359. The second-order valence-corrected chi connectivity index (χ2v) is 10.3. The van der Waals surface area contributed by atoms with Crippen LogP contribution >= 0.6 is 0 Å². The maximum Gasteiger partial charge on any atom is 0.304 e. The summed E-state index contributed by atoms with van der Waals surface area (Å²) in [5.74, 6) is -0.967. The molecule has 1 aliphatic carbocycles. The van der Waals surface area contributed by atoms with Gasteiger partial charge in [-0.25, -0.2) is 18.5 Å². The second-order valence-electron chi connectivity index (χ2n) is 8.78. The molecule has 1 aliphatic heterocycles. The summed E-state index contributed by atoms with van der Waals surface area (Å²) in [6.07, 6.45) is 3.85. The first-order chi connectivity index (χ1) is 16.6. The number of ether oxygens (including phenoxy) is 1. The number of aromatic nitrogens is 3. The molecule has 2 aliphatic rings. The maximum atomic E-state index is 13.4. The molecular formula is C22H24N6O6S. The third-order valence-electron chi connectivity index (χ3n) is 6.48. The van der Waals surface area contributed by atoms with Crippen LogP contribution in [0.4, 0.5) is 11.6 Å². The number of nitrogens with one attached hydrogen (secondary N) is 1. The van der Waals surface area contributed by atoms with Gasteiger partial charge in [0.25, 0.3) is 5.91 Å². The second kappa shape index (κ2) is 8.29. The van der Waals surface area contributed by atoms with E-state index in [0.29, 0.717) is 40.3 Å². The number of amides is 1. The lowest BCUT2D eigenvalue weighted by Gasteiger charge is -2.46. The largest absolute Gasteiger partial charge is 0.433 e. The van der Waals surface area contributed by atoms with Crippen molar-refractivity contribution in [1.82, 2.24) is 19.6 Å². The van der Waals surface area contributed by atoms with Gasteiger partial charge >= 0.3 is 5.97 Å². The molecule has 184 valence electrons. The molecule has 0 bridgehead atoms. The van der Waals surface area contributed by atoms with Crippen LogP contribution in [0.25, 0.3) is 11.0 Å².